The molecule has 0 aliphatic heterocycles. The maximum absolute atomic E-state index is 6.55. The third kappa shape index (κ3) is 2.47. The van der Waals surface area contributed by atoms with Crippen LogP contribution >= 0.6 is 15.9 Å². The van der Waals surface area contributed by atoms with E-state index in [1.807, 2.05) is 29.8 Å². The predicted molar refractivity (Wildman–Crippen MR) is 88.1 cm³/mol. The number of pyridine rings is 1. The highest BCUT2D eigenvalue weighted by atomic mass is 79.9. The van der Waals surface area contributed by atoms with Crippen LogP contribution in [0.1, 0.15) is 29.9 Å². The van der Waals surface area contributed by atoms with Gasteiger partial charge in [-0.15, -0.1) is 0 Å². The Morgan fingerprint density at radius 3 is 2.86 bits per heavy atom. The largest absolute Gasteiger partial charge is 0.319 e. The van der Waals surface area contributed by atoms with E-state index >= 15 is 0 Å². The molecule has 5 heteroatoms. The summed E-state index contributed by atoms with van der Waals surface area (Å²) in [6.45, 7) is 4.84. The van der Waals surface area contributed by atoms with Gasteiger partial charge in [-0.1, -0.05) is 18.2 Å². The molecule has 3 rings (SSSR count). The van der Waals surface area contributed by atoms with Gasteiger partial charge >= 0.3 is 0 Å². The fraction of sp³-hybridized carbons (Fsp3) is 0.250. The molecule has 1 aromatic carbocycles. The lowest BCUT2D eigenvalue weighted by Crippen LogP contribution is -2.18. The molecule has 2 heterocycles. The van der Waals surface area contributed by atoms with Crippen molar-refractivity contribution < 1.29 is 0 Å². The number of aromatic nitrogens is 3. The van der Waals surface area contributed by atoms with Crippen molar-refractivity contribution in [2.24, 2.45) is 5.73 Å². The molecule has 0 aliphatic carbocycles. The van der Waals surface area contributed by atoms with E-state index in [1.165, 1.54) is 0 Å². The molecule has 108 valence electrons. The lowest BCUT2D eigenvalue weighted by Gasteiger charge is -2.17. The van der Waals surface area contributed by atoms with E-state index in [2.05, 4.69) is 45.1 Å². The summed E-state index contributed by atoms with van der Waals surface area (Å²) >= 11 is 3.56. The summed E-state index contributed by atoms with van der Waals surface area (Å²) in [6, 6.07) is 9.92. The molecule has 21 heavy (non-hydrogen) atoms. The molecular weight excluding hydrogens is 328 g/mol. The lowest BCUT2D eigenvalue weighted by molar-refractivity contribution is 0.600. The van der Waals surface area contributed by atoms with Gasteiger partial charge in [0.2, 0.25) is 0 Å². The summed E-state index contributed by atoms with van der Waals surface area (Å²) in [4.78, 5) is 4.58. The van der Waals surface area contributed by atoms with Crippen molar-refractivity contribution in [1.29, 1.82) is 0 Å². The second kappa shape index (κ2) is 5.58. The zero-order valence-corrected chi connectivity index (χ0v) is 13.6. The SMILES string of the molecule is CCn1ncc(Br)c1C(N)c1cc(C)nc2ccccc12. The van der Waals surface area contributed by atoms with Crippen LogP contribution in [0.5, 0.6) is 0 Å². The van der Waals surface area contributed by atoms with Gasteiger partial charge < -0.3 is 5.73 Å². The average molecular weight is 345 g/mol. The molecule has 2 N–H and O–H groups in total. The number of aryl methyl sites for hydroxylation is 2. The second-order valence-corrected chi connectivity index (χ2v) is 5.90. The number of hydrogen-bond donors (Lipinski definition) is 1. The van der Waals surface area contributed by atoms with Gasteiger partial charge in [0.15, 0.2) is 0 Å². The van der Waals surface area contributed by atoms with Crippen LogP contribution in [0.2, 0.25) is 0 Å². The monoisotopic (exact) mass is 344 g/mol. The molecule has 0 fully saturated rings. The maximum atomic E-state index is 6.55. The molecule has 0 saturated carbocycles. The molecule has 0 aliphatic rings. The van der Waals surface area contributed by atoms with Crippen LogP contribution in [-0.4, -0.2) is 14.8 Å². The molecule has 2 aromatic heterocycles. The van der Waals surface area contributed by atoms with E-state index in [4.69, 9.17) is 5.73 Å². The van der Waals surface area contributed by atoms with Gasteiger partial charge in [0.1, 0.15) is 0 Å². The van der Waals surface area contributed by atoms with Crippen LogP contribution in [0.4, 0.5) is 0 Å². The van der Waals surface area contributed by atoms with E-state index < -0.39 is 0 Å². The molecule has 0 bridgehead atoms. The first-order valence-corrected chi connectivity index (χ1v) is 7.74. The van der Waals surface area contributed by atoms with Crippen LogP contribution in [0.15, 0.2) is 41.0 Å². The molecule has 0 saturated heterocycles. The number of hydrogen-bond acceptors (Lipinski definition) is 3. The Morgan fingerprint density at radius 2 is 2.10 bits per heavy atom. The Hall–Kier alpha value is -1.72. The van der Waals surface area contributed by atoms with E-state index in [0.29, 0.717) is 0 Å². The average Bonchev–Trinajstić information content (AvgIpc) is 2.86. The van der Waals surface area contributed by atoms with Crippen molar-refractivity contribution in [2.75, 3.05) is 0 Å². The second-order valence-electron chi connectivity index (χ2n) is 5.04. The normalized spacial score (nSPS) is 12.8. The van der Waals surface area contributed by atoms with Crippen molar-refractivity contribution in [3.05, 3.63) is 58.0 Å². The number of nitrogens with zero attached hydrogens (tertiary/aromatic N) is 3. The number of benzene rings is 1. The molecule has 0 spiro atoms. The maximum Gasteiger partial charge on any atom is 0.0742 e. The van der Waals surface area contributed by atoms with Crippen LogP contribution < -0.4 is 5.73 Å². The zero-order chi connectivity index (χ0) is 15.0. The number of nitrogens with two attached hydrogens (primary N) is 1. The highest BCUT2D eigenvalue weighted by Gasteiger charge is 2.20. The van der Waals surface area contributed by atoms with E-state index in [-0.39, 0.29) is 6.04 Å². The fourth-order valence-electron chi connectivity index (χ4n) is 2.68. The molecule has 3 aromatic rings. The van der Waals surface area contributed by atoms with Crippen LogP contribution in [-0.2, 0) is 6.54 Å². The Bertz CT molecular complexity index is 794. The Balaban J connectivity index is 2.22. The topological polar surface area (TPSA) is 56.7 Å². The Labute approximate surface area is 132 Å². The molecule has 1 atom stereocenters. The van der Waals surface area contributed by atoms with Gasteiger partial charge in [-0.25, -0.2) is 0 Å². The minimum Gasteiger partial charge on any atom is -0.319 e. The van der Waals surface area contributed by atoms with E-state index in [9.17, 15) is 0 Å². The van der Waals surface area contributed by atoms with Crippen LogP contribution in [0.3, 0.4) is 0 Å². The van der Waals surface area contributed by atoms with Gasteiger partial charge in [-0.3, -0.25) is 9.67 Å². The van der Waals surface area contributed by atoms with Gasteiger partial charge in [-0.2, -0.15) is 5.10 Å². The molecule has 0 amide bonds. The zero-order valence-electron chi connectivity index (χ0n) is 12.0. The van der Waals surface area contributed by atoms with E-state index in [1.54, 1.807) is 6.20 Å². The highest BCUT2D eigenvalue weighted by Crippen LogP contribution is 2.31. The number of para-hydroxylation sites is 1. The van der Waals surface area contributed by atoms with Crippen molar-refractivity contribution >= 4 is 26.8 Å². The van der Waals surface area contributed by atoms with Gasteiger partial charge in [0.25, 0.3) is 0 Å². The van der Waals surface area contributed by atoms with Gasteiger partial charge in [-0.05, 0) is 47.5 Å². The van der Waals surface area contributed by atoms with Gasteiger partial charge in [0, 0.05) is 17.6 Å². The minimum atomic E-state index is -0.242. The summed E-state index contributed by atoms with van der Waals surface area (Å²) in [5.41, 5.74) is 10.6. The van der Waals surface area contributed by atoms with Crippen molar-refractivity contribution in [1.82, 2.24) is 14.8 Å². The van der Waals surface area contributed by atoms with Crippen LogP contribution in [0, 0.1) is 6.92 Å². The summed E-state index contributed by atoms with van der Waals surface area (Å²) < 4.78 is 2.87. The summed E-state index contributed by atoms with van der Waals surface area (Å²) in [6.07, 6.45) is 1.80. The van der Waals surface area contributed by atoms with Crippen molar-refractivity contribution in [2.45, 2.75) is 26.4 Å². The summed E-state index contributed by atoms with van der Waals surface area (Å²) in [5, 5.41) is 5.45. The molecular formula is C16H17BrN4. The first-order chi connectivity index (χ1) is 10.1. The number of rotatable bonds is 3. The van der Waals surface area contributed by atoms with Crippen molar-refractivity contribution in [3.8, 4) is 0 Å². The number of halogens is 1. The van der Waals surface area contributed by atoms with Crippen molar-refractivity contribution in [3.63, 3.8) is 0 Å². The molecule has 4 nitrogen and oxygen atoms in total. The molecule has 0 radical (unpaired) electrons. The Morgan fingerprint density at radius 1 is 1.33 bits per heavy atom. The van der Waals surface area contributed by atoms with Gasteiger partial charge in [0.05, 0.1) is 27.9 Å². The third-order valence-corrected chi connectivity index (χ3v) is 4.25. The third-order valence-electron chi connectivity index (χ3n) is 3.64. The smallest absolute Gasteiger partial charge is 0.0742 e. The first kappa shape index (κ1) is 14.2. The highest BCUT2D eigenvalue weighted by molar-refractivity contribution is 9.10. The summed E-state index contributed by atoms with van der Waals surface area (Å²) in [5.74, 6) is 0. The molecule has 1 unspecified atom stereocenters. The predicted octanol–water partition coefficient (Wildman–Crippen LogP) is 3.57. The van der Waals surface area contributed by atoms with Crippen LogP contribution in [0.25, 0.3) is 10.9 Å². The standard InChI is InChI=1S/C16H17BrN4/c1-3-21-16(13(17)9-19-21)15(18)12-8-10(2)20-14-7-5-4-6-11(12)14/h4-9,15H,3,18H2,1-2H3. The summed E-state index contributed by atoms with van der Waals surface area (Å²) in [7, 11) is 0. The minimum absolute atomic E-state index is 0.242. The quantitative estimate of drug-likeness (QED) is 0.790. The fourth-order valence-corrected chi connectivity index (χ4v) is 3.22. The first-order valence-electron chi connectivity index (χ1n) is 6.95. The number of fused-ring (bicyclic) bond motifs is 1. The lowest BCUT2D eigenvalue weighted by atomic mass is 9.99. The van der Waals surface area contributed by atoms with E-state index in [0.717, 1.165) is 38.9 Å². The Kier molecular flexibility index (Phi) is 3.78.